The Bertz CT molecular complexity index is 308. The molecule has 0 radical (unpaired) electrons. The van der Waals surface area contributed by atoms with E-state index in [1.807, 2.05) is 31.2 Å². The Labute approximate surface area is 103 Å². The lowest BCUT2D eigenvalue weighted by atomic mass is 10.0. The van der Waals surface area contributed by atoms with E-state index < -0.39 is 0 Å². The summed E-state index contributed by atoms with van der Waals surface area (Å²) < 4.78 is 11.2. The highest BCUT2D eigenvalue weighted by atomic mass is 16.5. The maximum Gasteiger partial charge on any atom is 0.161 e. The molecular formula is C14H22O3. The Balaban J connectivity index is 2.45. The molecule has 3 heteroatoms. The first-order chi connectivity index (χ1) is 8.31. The van der Waals surface area contributed by atoms with Crippen LogP contribution in [0.15, 0.2) is 24.3 Å². The Kier molecular flexibility index (Phi) is 6.48. The van der Waals surface area contributed by atoms with Crippen LogP contribution in [0.4, 0.5) is 0 Å². The van der Waals surface area contributed by atoms with Crippen LogP contribution < -0.4 is 9.47 Å². The largest absolute Gasteiger partial charge is 0.490 e. The number of para-hydroxylation sites is 2. The molecule has 0 heterocycles. The maximum atomic E-state index is 9.08. The second-order valence-electron chi connectivity index (χ2n) is 3.97. The molecule has 0 amide bonds. The summed E-state index contributed by atoms with van der Waals surface area (Å²) in [5, 5.41) is 9.08. The van der Waals surface area contributed by atoms with Gasteiger partial charge in [0.2, 0.25) is 0 Å². The SMILES string of the molecule is CCOc1ccccc1OCCC(CC)CO. The van der Waals surface area contributed by atoms with Crippen LogP contribution in [0.1, 0.15) is 26.7 Å². The lowest BCUT2D eigenvalue weighted by molar-refractivity contribution is 0.185. The molecule has 0 aliphatic carbocycles. The van der Waals surface area contributed by atoms with Gasteiger partial charge in [-0.3, -0.25) is 0 Å². The van der Waals surface area contributed by atoms with Crippen LogP contribution in [0.3, 0.4) is 0 Å². The Morgan fingerprint density at radius 3 is 2.29 bits per heavy atom. The molecule has 0 saturated carbocycles. The van der Waals surface area contributed by atoms with E-state index in [0.29, 0.717) is 19.1 Å². The third-order valence-corrected chi connectivity index (χ3v) is 2.77. The summed E-state index contributed by atoms with van der Waals surface area (Å²) in [6.45, 7) is 5.51. The first kappa shape index (κ1) is 13.8. The molecule has 0 aliphatic rings. The third-order valence-electron chi connectivity index (χ3n) is 2.77. The van der Waals surface area contributed by atoms with Crippen LogP contribution in [0.5, 0.6) is 11.5 Å². The summed E-state index contributed by atoms with van der Waals surface area (Å²) in [7, 11) is 0. The molecule has 1 unspecified atom stereocenters. The Morgan fingerprint density at radius 1 is 1.12 bits per heavy atom. The molecule has 17 heavy (non-hydrogen) atoms. The number of hydrogen-bond donors (Lipinski definition) is 1. The molecule has 1 N–H and O–H groups in total. The first-order valence-electron chi connectivity index (χ1n) is 6.27. The van der Waals surface area contributed by atoms with Crippen LogP contribution in [0, 0.1) is 5.92 Å². The zero-order chi connectivity index (χ0) is 12.5. The molecule has 96 valence electrons. The minimum absolute atomic E-state index is 0.229. The van der Waals surface area contributed by atoms with Gasteiger partial charge in [-0.1, -0.05) is 25.5 Å². The minimum Gasteiger partial charge on any atom is -0.490 e. The van der Waals surface area contributed by atoms with Crippen molar-refractivity contribution in [3.63, 3.8) is 0 Å². The zero-order valence-electron chi connectivity index (χ0n) is 10.7. The van der Waals surface area contributed by atoms with Crippen LogP contribution in [-0.4, -0.2) is 24.9 Å². The second-order valence-corrected chi connectivity index (χ2v) is 3.97. The van der Waals surface area contributed by atoms with E-state index in [9.17, 15) is 0 Å². The van der Waals surface area contributed by atoms with Crippen LogP contribution in [0.2, 0.25) is 0 Å². The number of hydrogen-bond acceptors (Lipinski definition) is 3. The van der Waals surface area contributed by atoms with E-state index in [-0.39, 0.29) is 6.61 Å². The van der Waals surface area contributed by atoms with Crippen molar-refractivity contribution in [3.8, 4) is 11.5 Å². The first-order valence-corrected chi connectivity index (χ1v) is 6.27. The van der Waals surface area contributed by atoms with Gasteiger partial charge in [0, 0.05) is 6.61 Å². The molecule has 0 fully saturated rings. The predicted molar refractivity (Wildman–Crippen MR) is 68.6 cm³/mol. The molecule has 3 nitrogen and oxygen atoms in total. The van der Waals surface area contributed by atoms with Gasteiger partial charge < -0.3 is 14.6 Å². The van der Waals surface area contributed by atoms with Crippen LogP contribution in [0.25, 0.3) is 0 Å². The molecule has 1 aromatic rings. The van der Waals surface area contributed by atoms with E-state index in [4.69, 9.17) is 14.6 Å². The summed E-state index contributed by atoms with van der Waals surface area (Å²) in [5.41, 5.74) is 0. The average molecular weight is 238 g/mol. The van der Waals surface area contributed by atoms with E-state index in [1.165, 1.54) is 0 Å². The lowest BCUT2D eigenvalue weighted by Crippen LogP contribution is -2.10. The molecule has 1 rings (SSSR count). The van der Waals surface area contributed by atoms with Crippen molar-refractivity contribution < 1.29 is 14.6 Å². The zero-order valence-corrected chi connectivity index (χ0v) is 10.7. The summed E-state index contributed by atoms with van der Waals surface area (Å²) >= 11 is 0. The number of aliphatic hydroxyl groups excluding tert-OH is 1. The summed E-state index contributed by atoms with van der Waals surface area (Å²) in [6, 6.07) is 7.68. The second kappa shape index (κ2) is 7.96. The normalized spacial score (nSPS) is 12.2. The minimum atomic E-state index is 0.229. The van der Waals surface area contributed by atoms with Gasteiger partial charge >= 0.3 is 0 Å². The highest BCUT2D eigenvalue weighted by Gasteiger charge is 2.07. The standard InChI is InChI=1S/C14H22O3/c1-3-12(11-15)9-10-17-14-8-6-5-7-13(14)16-4-2/h5-8,12,15H,3-4,9-11H2,1-2H3. The van der Waals surface area contributed by atoms with Gasteiger partial charge in [0.05, 0.1) is 13.2 Å². The Morgan fingerprint density at radius 2 is 1.76 bits per heavy atom. The van der Waals surface area contributed by atoms with Crippen LogP contribution in [-0.2, 0) is 0 Å². The van der Waals surface area contributed by atoms with Crippen molar-refractivity contribution in [1.29, 1.82) is 0 Å². The molecular weight excluding hydrogens is 216 g/mol. The van der Waals surface area contributed by atoms with Crippen LogP contribution >= 0.6 is 0 Å². The molecule has 1 atom stereocenters. The summed E-state index contributed by atoms with van der Waals surface area (Å²) in [4.78, 5) is 0. The molecule has 0 bridgehead atoms. The van der Waals surface area contributed by atoms with E-state index in [0.717, 1.165) is 24.3 Å². The molecule has 0 saturated heterocycles. The molecule has 0 aromatic heterocycles. The van der Waals surface area contributed by atoms with Crippen molar-refractivity contribution in [1.82, 2.24) is 0 Å². The lowest BCUT2D eigenvalue weighted by Gasteiger charge is -2.14. The van der Waals surface area contributed by atoms with E-state index in [1.54, 1.807) is 0 Å². The summed E-state index contributed by atoms with van der Waals surface area (Å²) in [5.74, 6) is 1.89. The van der Waals surface area contributed by atoms with Gasteiger partial charge in [0.1, 0.15) is 0 Å². The quantitative estimate of drug-likeness (QED) is 0.757. The van der Waals surface area contributed by atoms with Gasteiger partial charge in [0.15, 0.2) is 11.5 Å². The highest BCUT2D eigenvalue weighted by Crippen LogP contribution is 2.26. The van der Waals surface area contributed by atoms with E-state index >= 15 is 0 Å². The van der Waals surface area contributed by atoms with Gasteiger partial charge in [-0.15, -0.1) is 0 Å². The fraction of sp³-hybridized carbons (Fsp3) is 0.571. The number of rotatable bonds is 8. The van der Waals surface area contributed by atoms with Crippen molar-refractivity contribution in [2.75, 3.05) is 19.8 Å². The summed E-state index contributed by atoms with van der Waals surface area (Å²) in [6.07, 6.45) is 1.85. The number of ether oxygens (including phenoxy) is 2. The highest BCUT2D eigenvalue weighted by molar-refractivity contribution is 5.39. The predicted octanol–water partition coefficient (Wildman–Crippen LogP) is 2.87. The molecule has 0 aliphatic heterocycles. The molecule has 0 spiro atoms. The van der Waals surface area contributed by atoms with Crippen molar-refractivity contribution in [3.05, 3.63) is 24.3 Å². The maximum absolute atomic E-state index is 9.08. The number of benzene rings is 1. The Hall–Kier alpha value is -1.22. The fourth-order valence-corrected chi connectivity index (χ4v) is 1.60. The third kappa shape index (κ3) is 4.65. The average Bonchev–Trinajstić information content (AvgIpc) is 2.37. The van der Waals surface area contributed by atoms with Gasteiger partial charge in [-0.25, -0.2) is 0 Å². The van der Waals surface area contributed by atoms with Crippen molar-refractivity contribution in [2.45, 2.75) is 26.7 Å². The van der Waals surface area contributed by atoms with Gasteiger partial charge in [-0.05, 0) is 31.4 Å². The number of aliphatic hydroxyl groups is 1. The topological polar surface area (TPSA) is 38.7 Å². The van der Waals surface area contributed by atoms with Crippen molar-refractivity contribution in [2.24, 2.45) is 5.92 Å². The fourth-order valence-electron chi connectivity index (χ4n) is 1.60. The monoisotopic (exact) mass is 238 g/mol. The van der Waals surface area contributed by atoms with Gasteiger partial charge in [0.25, 0.3) is 0 Å². The van der Waals surface area contributed by atoms with Gasteiger partial charge in [-0.2, -0.15) is 0 Å². The van der Waals surface area contributed by atoms with Crippen molar-refractivity contribution >= 4 is 0 Å². The molecule has 1 aromatic carbocycles. The smallest absolute Gasteiger partial charge is 0.161 e. The van der Waals surface area contributed by atoms with E-state index in [2.05, 4.69) is 6.92 Å².